The second-order valence-corrected chi connectivity index (χ2v) is 33.6. The van der Waals surface area contributed by atoms with E-state index in [2.05, 4.69) is 309 Å². The first-order valence-electron chi connectivity index (χ1n) is 33.1. The molecule has 9 aromatic carbocycles. The van der Waals surface area contributed by atoms with Gasteiger partial charge in [0.25, 0.3) is 0 Å². The average Bonchev–Trinajstić information content (AvgIpc) is 1.46. The number of benzene rings is 9. The van der Waals surface area contributed by atoms with Gasteiger partial charge in [-0.2, -0.15) is 0 Å². The van der Waals surface area contributed by atoms with Crippen LogP contribution in [0.1, 0.15) is 182 Å². The van der Waals surface area contributed by atoms with E-state index >= 15 is 0 Å². The number of hydrogen-bond acceptors (Lipinski definition) is 5. The number of hydrogen-bond donors (Lipinski definition) is 1. The SMILES string of the molecule is CC(C)(C)c1ccc(N(c2ccc(C(C)(C)C)cc2)c2ccc(-c3cc4c(oc5ccccc54)c4c3Bc3sc5cc6c(cc5c3N4c3ccc(C(C)(C)C)cc3-c3ccccc3)C(C)(C)CCC6(C)C)c(Nc3ccc4c(c3)C(C)(C)CCC4(C)C)c2)cc1. The van der Waals surface area contributed by atoms with Gasteiger partial charge in [-0.05, 0) is 209 Å². The number of rotatable bonds is 8. The van der Waals surface area contributed by atoms with Crippen LogP contribution in [0.3, 0.4) is 0 Å². The maximum absolute atomic E-state index is 7.43. The Bertz CT molecular complexity index is 4590. The van der Waals surface area contributed by atoms with E-state index in [-0.39, 0.29) is 37.9 Å². The Kier molecular flexibility index (Phi) is 13.9. The summed E-state index contributed by atoms with van der Waals surface area (Å²) < 4.78 is 10.1. The third kappa shape index (κ3) is 10.2. The Labute approximate surface area is 541 Å². The number of thiophene rings is 1. The molecule has 4 nitrogen and oxygen atoms in total. The molecule has 0 saturated heterocycles. The van der Waals surface area contributed by atoms with Gasteiger partial charge >= 0.3 is 0 Å². The van der Waals surface area contributed by atoms with Crippen LogP contribution in [0.2, 0.25) is 0 Å². The van der Waals surface area contributed by atoms with Gasteiger partial charge < -0.3 is 19.5 Å². The first-order chi connectivity index (χ1) is 42.4. The maximum atomic E-state index is 7.43. The lowest BCUT2D eigenvalue weighted by atomic mass is 9.61. The lowest BCUT2D eigenvalue weighted by Crippen LogP contribution is -2.39. The van der Waals surface area contributed by atoms with Crippen molar-refractivity contribution >= 4 is 106 Å². The van der Waals surface area contributed by atoms with Gasteiger partial charge in [-0.3, -0.25) is 0 Å². The van der Waals surface area contributed by atoms with Crippen LogP contribution < -0.4 is 25.4 Å². The zero-order chi connectivity index (χ0) is 63.4. The Morgan fingerprint density at radius 1 is 0.456 bits per heavy atom. The van der Waals surface area contributed by atoms with Crippen molar-refractivity contribution in [1.29, 1.82) is 0 Å². The molecular weight excluding hydrogens is 1110 g/mol. The molecule has 6 heteroatoms. The Balaban J connectivity index is 1.08. The first kappa shape index (κ1) is 59.8. The second-order valence-electron chi connectivity index (χ2n) is 32.4. The number of anilines is 8. The van der Waals surface area contributed by atoms with Crippen LogP contribution >= 0.6 is 11.3 Å². The average molecular weight is 1200 g/mol. The molecule has 0 atom stereocenters. The minimum Gasteiger partial charge on any atom is -0.454 e. The summed E-state index contributed by atoms with van der Waals surface area (Å²) in [4.78, 5) is 5.12. The molecule has 2 aliphatic carbocycles. The zero-order valence-corrected chi connectivity index (χ0v) is 57.3. The van der Waals surface area contributed by atoms with Gasteiger partial charge in [0.1, 0.15) is 5.58 Å². The minimum absolute atomic E-state index is 0.00803. The van der Waals surface area contributed by atoms with E-state index in [1.165, 1.54) is 81.6 Å². The molecule has 456 valence electrons. The summed E-state index contributed by atoms with van der Waals surface area (Å²) in [6.07, 6.45) is 4.61. The zero-order valence-electron chi connectivity index (χ0n) is 56.5. The van der Waals surface area contributed by atoms with Gasteiger partial charge in [-0.1, -0.05) is 209 Å². The molecule has 1 aliphatic heterocycles. The fourth-order valence-corrected chi connectivity index (χ4v) is 16.4. The summed E-state index contributed by atoms with van der Waals surface area (Å²) in [7, 11) is 0.733. The van der Waals surface area contributed by atoms with E-state index in [9.17, 15) is 0 Å². The summed E-state index contributed by atoms with van der Waals surface area (Å²) in [6, 6.07) is 67.8. The molecule has 11 aromatic rings. The summed E-state index contributed by atoms with van der Waals surface area (Å²) in [6.45, 7) is 40.4. The van der Waals surface area contributed by atoms with E-state index in [1.807, 2.05) is 11.3 Å². The van der Waals surface area contributed by atoms with E-state index in [0.717, 1.165) is 100 Å². The standard InChI is InChI=1S/C84H90BN3OS/c1-78(2,3)52-27-33-56(34-28-52)87(57-35-29-53(30-36-57)79(4,5)6)58-37-38-59(69(47-58)86-55-32-39-65-66(46-55)82(12,13)42-41-81(65,10)11)62-48-63-60-25-21-22-26-71(60)89-76(63)75-73(62)85-77-74(64-49-67-68(50-72(64)90-77)84(16,17)44-43-83(67,14)15)88(75)70-40-31-54(80(7,8)9)45-61(70)51-23-19-18-20-24-51/h18-40,45-50,85-86H,41-44H2,1-17H3. The van der Waals surface area contributed by atoms with Crippen molar-refractivity contribution in [2.75, 3.05) is 15.1 Å². The molecule has 3 aliphatic rings. The Morgan fingerprint density at radius 2 is 1.00 bits per heavy atom. The quantitative estimate of drug-likeness (QED) is 0.154. The molecule has 3 heterocycles. The smallest absolute Gasteiger partial charge is 0.211 e. The van der Waals surface area contributed by atoms with Crippen LogP contribution in [0.5, 0.6) is 0 Å². The molecule has 1 N–H and O–H groups in total. The molecule has 90 heavy (non-hydrogen) atoms. The molecule has 0 bridgehead atoms. The molecular formula is C84H90BN3OS. The summed E-state index contributed by atoms with van der Waals surface area (Å²) >= 11 is 1.99. The van der Waals surface area contributed by atoms with Crippen molar-refractivity contribution in [2.45, 2.75) is 181 Å². The first-order valence-corrected chi connectivity index (χ1v) is 33.9. The summed E-state index contributed by atoms with van der Waals surface area (Å²) in [5.41, 5.74) is 26.6. The summed E-state index contributed by atoms with van der Waals surface area (Å²) in [5, 5.41) is 7.77. The number of para-hydroxylation sites is 1. The lowest BCUT2D eigenvalue weighted by Gasteiger charge is -2.42. The van der Waals surface area contributed by atoms with Crippen molar-refractivity contribution in [3.63, 3.8) is 0 Å². The highest BCUT2D eigenvalue weighted by molar-refractivity contribution is 7.29. The molecule has 14 rings (SSSR count). The molecule has 0 spiro atoms. The minimum atomic E-state index is -0.0837. The summed E-state index contributed by atoms with van der Waals surface area (Å²) in [5.74, 6) is 0. The van der Waals surface area contributed by atoms with E-state index in [4.69, 9.17) is 4.42 Å². The third-order valence-corrected chi connectivity index (χ3v) is 22.2. The lowest BCUT2D eigenvalue weighted by molar-refractivity contribution is 0.332. The fourth-order valence-electron chi connectivity index (χ4n) is 15.2. The van der Waals surface area contributed by atoms with Gasteiger partial charge in [-0.15, -0.1) is 11.3 Å². The largest absolute Gasteiger partial charge is 0.454 e. The highest BCUT2D eigenvalue weighted by Gasteiger charge is 2.42. The van der Waals surface area contributed by atoms with Gasteiger partial charge in [0.15, 0.2) is 5.58 Å². The van der Waals surface area contributed by atoms with Crippen molar-refractivity contribution in [3.8, 4) is 22.3 Å². The molecule has 0 radical (unpaired) electrons. The predicted molar refractivity (Wildman–Crippen MR) is 392 cm³/mol. The van der Waals surface area contributed by atoms with E-state index in [1.54, 1.807) is 0 Å². The van der Waals surface area contributed by atoms with Crippen molar-refractivity contribution < 1.29 is 4.42 Å². The topological polar surface area (TPSA) is 31.7 Å². The number of fused-ring (bicyclic) bond motifs is 10. The van der Waals surface area contributed by atoms with Gasteiger partial charge in [0.05, 0.1) is 17.1 Å². The van der Waals surface area contributed by atoms with Crippen LogP contribution in [0.4, 0.5) is 45.5 Å². The van der Waals surface area contributed by atoms with Crippen molar-refractivity contribution in [3.05, 3.63) is 215 Å². The number of nitrogens with one attached hydrogen (secondary N) is 1. The van der Waals surface area contributed by atoms with Crippen LogP contribution in [0.25, 0.3) is 54.3 Å². The van der Waals surface area contributed by atoms with E-state index in [0.29, 0.717) is 0 Å². The van der Waals surface area contributed by atoms with Crippen LogP contribution in [-0.4, -0.2) is 7.28 Å². The van der Waals surface area contributed by atoms with Gasteiger partial charge in [0, 0.05) is 60.4 Å². The second kappa shape index (κ2) is 20.9. The molecule has 0 saturated carbocycles. The number of nitrogens with zero attached hydrogens (tertiary/aromatic N) is 2. The van der Waals surface area contributed by atoms with Crippen LogP contribution in [-0.2, 0) is 37.9 Å². The maximum Gasteiger partial charge on any atom is 0.211 e. The molecule has 0 unspecified atom stereocenters. The molecule has 0 fully saturated rings. The van der Waals surface area contributed by atoms with Gasteiger partial charge in [-0.25, -0.2) is 0 Å². The highest BCUT2D eigenvalue weighted by Crippen LogP contribution is 2.55. The van der Waals surface area contributed by atoms with Gasteiger partial charge in [0.2, 0.25) is 7.28 Å². The highest BCUT2D eigenvalue weighted by atomic mass is 32.1. The van der Waals surface area contributed by atoms with E-state index < -0.39 is 0 Å². The monoisotopic (exact) mass is 1200 g/mol. The predicted octanol–water partition coefficient (Wildman–Crippen LogP) is 23.1. The molecule has 2 aromatic heterocycles. The van der Waals surface area contributed by atoms with Crippen LogP contribution in [0, 0.1) is 0 Å². The normalized spacial score (nSPS) is 16.5. The molecule has 0 amide bonds. The fraction of sp³-hybridized carbons (Fsp3) is 0.333. The van der Waals surface area contributed by atoms with Crippen LogP contribution in [0.15, 0.2) is 180 Å². The Hall–Kier alpha value is -7.80. The van der Waals surface area contributed by atoms with Crippen molar-refractivity contribution in [1.82, 2.24) is 0 Å². The number of furan rings is 1. The third-order valence-electron chi connectivity index (χ3n) is 21.1. The van der Waals surface area contributed by atoms with Crippen molar-refractivity contribution in [2.24, 2.45) is 0 Å². The Morgan fingerprint density at radius 3 is 1.61 bits per heavy atom.